The summed E-state index contributed by atoms with van der Waals surface area (Å²) in [7, 11) is 0. The number of rotatable bonds is 1. The molecule has 1 aliphatic carbocycles. The third-order valence-electron chi connectivity index (χ3n) is 3.10. The molecule has 0 saturated heterocycles. The van der Waals surface area contributed by atoms with Gasteiger partial charge in [0.05, 0.1) is 0 Å². The van der Waals surface area contributed by atoms with E-state index in [1.54, 1.807) is 0 Å². The van der Waals surface area contributed by atoms with Crippen molar-refractivity contribution in [2.24, 2.45) is 5.92 Å². The summed E-state index contributed by atoms with van der Waals surface area (Å²) >= 11 is 0. The van der Waals surface area contributed by atoms with Crippen molar-refractivity contribution in [3.63, 3.8) is 0 Å². The Balaban J connectivity index is 3.19. The summed E-state index contributed by atoms with van der Waals surface area (Å²) in [4.78, 5) is 0. The van der Waals surface area contributed by atoms with Crippen LogP contribution in [0, 0.1) is 5.92 Å². The Morgan fingerprint density at radius 3 is 2.47 bits per heavy atom. The van der Waals surface area contributed by atoms with E-state index in [9.17, 15) is 0 Å². The zero-order chi connectivity index (χ0) is 11.4. The van der Waals surface area contributed by atoms with Crippen LogP contribution in [0.3, 0.4) is 0 Å². The minimum Gasteiger partial charge on any atom is -0.125 e. The molecule has 0 aromatic heterocycles. The van der Waals surface area contributed by atoms with E-state index in [2.05, 4.69) is 51.8 Å². The van der Waals surface area contributed by atoms with Crippen molar-refractivity contribution in [3.8, 4) is 0 Å². The van der Waals surface area contributed by atoms with Gasteiger partial charge < -0.3 is 0 Å². The first-order valence-corrected chi connectivity index (χ1v) is 5.53. The van der Waals surface area contributed by atoms with E-state index in [0.717, 1.165) is 12.8 Å². The fraction of sp³-hybridized carbons (Fsp3) is 0.400. The smallest absolute Gasteiger partial charge is 0.00489 e. The highest BCUT2D eigenvalue weighted by Crippen LogP contribution is 2.40. The van der Waals surface area contributed by atoms with E-state index < -0.39 is 0 Å². The highest BCUT2D eigenvalue weighted by molar-refractivity contribution is 5.51. The highest BCUT2D eigenvalue weighted by atomic mass is 14.3. The summed E-state index contributed by atoms with van der Waals surface area (Å²) in [5.74, 6) is 0.512. The largest absolute Gasteiger partial charge is 0.125 e. The van der Waals surface area contributed by atoms with Crippen LogP contribution in [0.2, 0.25) is 0 Å². The first kappa shape index (κ1) is 11.8. The molecule has 0 aliphatic heterocycles. The molecular formula is C15H20. The molecule has 0 bridgehead atoms. The van der Waals surface area contributed by atoms with Crippen LogP contribution >= 0.6 is 0 Å². The summed E-state index contributed by atoms with van der Waals surface area (Å²) in [5.41, 5.74) is 8.27. The van der Waals surface area contributed by atoms with Gasteiger partial charge in [-0.05, 0) is 44.8 Å². The molecule has 1 fully saturated rings. The molecule has 0 aromatic rings. The van der Waals surface area contributed by atoms with Gasteiger partial charge in [0, 0.05) is 11.5 Å². The second kappa shape index (κ2) is 5.00. The van der Waals surface area contributed by atoms with Gasteiger partial charge in [-0.1, -0.05) is 30.9 Å². The third kappa shape index (κ3) is 2.22. The van der Waals surface area contributed by atoms with E-state index >= 15 is 0 Å². The van der Waals surface area contributed by atoms with Crippen LogP contribution in [0.5, 0.6) is 0 Å². The fourth-order valence-corrected chi connectivity index (χ4v) is 2.33. The van der Waals surface area contributed by atoms with Crippen LogP contribution in [-0.2, 0) is 0 Å². The first-order valence-electron chi connectivity index (χ1n) is 5.53. The standard InChI is InChI=1S/C15H20/c1-6-12-9-10-15(11(4)5)14(8-3)13(12)7-2/h7-8,15H,1,4,9-10H2,2-3,5H3/b13-7-,14-8+. The Bertz CT molecular complexity index is 371. The average Bonchev–Trinajstić information content (AvgIpc) is 2.26. The van der Waals surface area contributed by atoms with Gasteiger partial charge in [-0.15, -0.1) is 5.73 Å². The Hall–Kier alpha value is -1.26. The molecule has 0 radical (unpaired) electrons. The van der Waals surface area contributed by atoms with Gasteiger partial charge in [0.15, 0.2) is 0 Å². The lowest BCUT2D eigenvalue weighted by molar-refractivity contribution is 0.616. The van der Waals surface area contributed by atoms with Gasteiger partial charge >= 0.3 is 0 Å². The lowest BCUT2D eigenvalue weighted by Crippen LogP contribution is -2.15. The molecule has 1 rings (SSSR count). The maximum atomic E-state index is 4.08. The van der Waals surface area contributed by atoms with Crippen LogP contribution in [0.25, 0.3) is 0 Å². The van der Waals surface area contributed by atoms with Gasteiger partial charge in [0.1, 0.15) is 0 Å². The highest BCUT2D eigenvalue weighted by Gasteiger charge is 2.25. The van der Waals surface area contributed by atoms with Crippen molar-refractivity contribution < 1.29 is 0 Å². The van der Waals surface area contributed by atoms with Crippen molar-refractivity contribution in [1.29, 1.82) is 0 Å². The molecular weight excluding hydrogens is 180 g/mol. The first-order chi connectivity index (χ1) is 7.15. The summed E-state index contributed by atoms with van der Waals surface area (Å²) in [5, 5.41) is 0. The molecule has 0 heteroatoms. The molecule has 0 amide bonds. The van der Waals surface area contributed by atoms with Gasteiger partial charge in [-0.25, -0.2) is 0 Å². The summed E-state index contributed by atoms with van der Waals surface area (Å²) in [6.45, 7) is 14.1. The predicted molar refractivity (Wildman–Crippen MR) is 67.7 cm³/mol. The molecule has 80 valence electrons. The third-order valence-corrected chi connectivity index (χ3v) is 3.10. The topological polar surface area (TPSA) is 0 Å². The number of hydrogen-bond acceptors (Lipinski definition) is 0. The van der Waals surface area contributed by atoms with Crippen molar-refractivity contribution >= 4 is 0 Å². The summed E-state index contributed by atoms with van der Waals surface area (Å²) < 4.78 is 0. The lowest BCUT2D eigenvalue weighted by atomic mass is 9.75. The minimum absolute atomic E-state index is 0.512. The molecule has 0 nitrogen and oxygen atoms in total. The maximum absolute atomic E-state index is 4.08. The van der Waals surface area contributed by atoms with Crippen molar-refractivity contribution in [2.75, 3.05) is 0 Å². The van der Waals surface area contributed by atoms with Crippen LogP contribution in [0.1, 0.15) is 33.6 Å². The van der Waals surface area contributed by atoms with Crippen LogP contribution in [0.15, 0.2) is 53.3 Å². The monoisotopic (exact) mass is 200 g/mol. The molecule has 1 saturated carbocycles. The predicted octanol–water partition coefficient (Wildman–Crippen LogP) is 4.58. The normalized spacial score (nSPS) is 26.9. The van der Waals surface area contributed by atoms with E-state index in [4.69, 9.17) is 0 Å². The van der Waals surface area contributed by atoms with Crippen molar-refractivity contribution in [1.82, 2.24) is 0 Å². The van der Waals surface area contributed by atoms with E-state index in [1.807, 2.05) is 0 Å². The van der Waals surface area contributed by atoms with Crippen molar-refractivity contribution in [3.05, 3.63) is 53.3 Å². The molecule has 0 spiro atoms. The van der Waals surface area contributed by atoms with Gasteiger partial charge in [0.2, 0.25) is 0 Å². The van der Waals surface area contributed by atoms with Gasteiger partial charge in [0.25, 0.3) is 0 Å². The van der Waals surface area contributed by atoms with Crippen LogP contribution in [-0.4, -0.2) is 0 Å². The quantitative estimate of drug-likeness (QED) is 0.429. The minimum atomic E-state index is 0.512. The van der Waals surface area contributed by atoms with Crippen LogP contribution in [0.4, 0.5) is 0 Å². The maximum Gasteiger partial charge on any atom is 0.00489 e. The zero-order valence-corrected chi connectivity index (χ0v) is 10.1. The second-order valence-electron chi connectivity index (χ2n) is 4.04. The molecule has 0 N–H and O–H groups in total. The summed E-state index contributed by atoms with van der Waals surface area (Å²) in [6, 6.07) is 0. The van der Waals surface area contributed by atoms with Gasteiger partial charge in [-0.3, -0.25) is 0 Å². The Morgan fingerprint density at radius 2 is 2.07 bits per heavy atom. The number of allylic oxidation sites excluding steroid dienone is 6. The lowest BCUT2D eigenvalue weighted by Gasteiger charge is -2.29. The average molecular weight is 200 g/mol. The van der Waals surface area contributed by atoms with Gasteiger partial charge in [-0.2, -0.15) is 0 Å². The van der Waals surface area contributed by atoms with E-state index in [-0.39, 0.29) is 0 Å². The molecule has 1 aliphatic rings. The Labute approximate surface area is 93.4 Å². The second-order valence-corrected chi connectivity index (χ2v) is 4.04. The molecule has 0 heterocycles. The van der Waals surface area contributed by atoms with E-state index in [1.165, 1.54) is 22.3 Å². The molecule has 0 aromatic carbocycles. The zero-order valence-electron chi connectivity index (χ0n) is 10.1. The Kier molecular flexibility index (Phi) is 3.94. The van der Waals surface area contributed by atoms with Crippen molar-refractivity contribution in [2.45, 2.75) is 33.6 Å². The Morgan fingerprint density at radius 1 is 1.40 bits per heavy atom. The fourth-order valence-electron chi connectivity index (χ4n) is 2.33. The van der Waals surface area contributed by atoms with E-state index in [0.29, 0.717) is 5.92 Å². The molecule has 1 unspecified atom stereocenters. The number of hydrogen-bond donors (Lipinski definition) is 0. The molecule has 15 heavy (non-hydrogen) atoms. The molecule has 1 atom stereocenters. The summed E-state index contributed by atoms with van der Waals surface area (Å²) in [6.07, 6.45) is 6.57. The van der Waals surface area contributed by atoms with Crippen LogP contribution < -0.4 is 0 Å². The SMILES string of the molecule is C=C=C1CCC(C(=C)C)C(=C/C)/C1=C\C.